The van der Waals surface area contributed by atoms with Crippen LogP contribution in [0.25, 0.3) is 0 Å². The third-order valence-electron chi connectivity index (χ3n) is 5.92. The van der Waals surface area contributed by atoms with Crippen molar-refractivity contribution in [3.63, 3.8) is 0 Å². The Balaban J connectivity index is 1.34. The van der Waals surface area contributed by atoms with Gasteiger partial charge in [0.1, 0.15) is 6.04 Å². The van der Waals surface area contributed by atoms with Crippen molar-refractivity contribution in [3.05, 3.63) is 46.5 Å². The molecule has 156 valence electrons. The van der Waals surface area contributed by atoms with Crippen LogP contribution >= 0.6 is 0 Å². The second kappa shape index (κ2) is 7.36. The summed E-state index contributed by atoms with van der Waals surface area (Å²) < 4.78 is 4.97. The summed E-state index contributed by atoms with van der Waals surface area (Å²) in [5.41, 5.74) is -0.0162. The highest BCUT2D eigenvalue weighted by atomic mass is 16.6. The Hall–Kier alpha value is -3.56. The first-order valence-electron chi connectivity index (χ1n) is 9.54. The molecule has 0 unspecified atom stereocenters. The maximum atomic E-state index is 12.7. The van der Waals surface area contributed by atoms with E-state index in [0.717, 1.165) is 11.3 Å². The minimum Gasteiger partial charge on any atom is -0.454 e. The first-order valence-corrected chi connectivity index (χ1v) is 9.54. The molecule has 1 aromatic rings. The summed E-state index contributed by atoms with van der Waals surface area (Å²) in [4.78, 5) is 61.0. The number of hydrogen-bond donors (Lipinski definition) is 1. The number of esters is 1. The normalized spacial score (nSPS) is 27.2. The van der Waals surface area contributed by atoms with Crippen molar-refractivity contribution < 1.29 is 28.8 Å². The van der Waals surface area contributed by atoms with Crippen LogP contribution in [-0.2, 0) is 23.9 Å². The molecule has 1 aliphatic heterocycles. The minimum absolute atomic E-state index is 0.0328. The molecule has 1 saturated carbocycles. The standard InChI is InChI=1S/C20H19N3O7/c1-10(22-18(25)16-11-5-6-12(7-11)17(16)19(22)26)20(27)30-9-15(24)21-13-3-2-4-14(8-13)23(28)29/h2-6,8,10-12,16-17H,7,9H2,1H3,(H,21,24)/t10-,11+,12+,16-,17-/m1/s1. The molecule has 0 radical (unpaired) electrons. The number of hydrogen-bond acceptors (Lipinski definition) is 7. The van der Waals surface area contributed by atoms with Crippen LogP contribution in [0.4, 0.5) is 11.4 Å². The molecular weight excluding hydrogens is 394 g/mol. The van der Waals surface area contributed by atoms with Crippen LogP contribution in [0.3, 0.4) is 0 Å². The van der Waals surface area contributed by atoms with Crippen LogP contribution in [0.15, 0.2) is 36.4 Å². The van der Waals surface area contributed by atoms with Gasteiger partial charge in [-0.05, 0) is 31.2 Å². The average molecular weight is 413 g/mol. The van der Waals surface area contributed by atoms with Gasteiger partial charge in [0, 0.05) is 17.8 Å². The summed E-state index contributed by atoms with van der Waals surface area (Å²) in [6.45, 7) is 0.745. The van der Waals surface area contributed by atoms with E-state index in [4.69, 9.17) is 4.74 Å². The van der Waals surface area contributed by atoms with Gasteiger partial charge < -0.3 is 10.1 Å². The van der Waals surface area contributed by atoms with Gasteiger partial charge in [-0.3, -0.25) is 29.4 Å². The Kier molecular flexibility index (Phi) is 4.84. The van der Waals surface area contributed by atoms with Gasteiger partial charge in [-0.1, -0.05) is 18.2 Å². The summed E-state index contributed by atoms with van der Waals surface area (Å²) in [5.74, 6) is -3.07. The van der Waals surface area contributed by atoms with E-state index in [1.807, 2.05) is 12.2 Å². The van der Waals surface area contributed by atoms with E-state index in [2.05, 4.69) is 5.32 Å². The monoisotopic (exact) mass is 413 g/mol. The van der Waals surface area contributed by atoms with E-state index in [-0.39, 0.29) is 35.0 Å². The fourth-order valence-corrected chi connectivity index (χ4v) is 4.56. The molecule has 3 aliphatic rings. The van der Waals surface area contributed by atoms with Crippen molar-refractivity contribution in [2.45, 2.75) is 19.4 Å². The lowest BCUT2D eigenvalue weighted by Gasteiger charge is -2.23. The highest BCUT2D eigenvalue weighted by Gasteiger charge is 2.60. The zero-order valence-electron chi connectivity index (χ0n) is 16.0. The minimum atomic E-state index is -1.14. The van der Waals surface area contributed by atoms with Crippen molar-refractivity contribution >= 4 is 35.1 Å². The molecule has 1 saturated heterocycles. The van der Waals surface area contributed by atoms with Crippen LogP contribution in [0.2, 0.25) is 0 Å². The molecular formula is C20H19N3O7. The molecule has 0 spiro atoms. The number of rotatable bonds is 6. The summed E-state index contributed by atoms with van der Waals surface area (Å²) in [5, 5.41) is 13.2. The fourth-order valence-electron chi connectivity index (χ4n) is 4.56. The molecule has 10 heteroatoms. The van der Waals surface area contributed by atoms with Gasteiger partial charge in [0.25, 0.3) is 11.6 Å². The topological polar surface area (TPSA) is 136 Å². The molecule has 2 fully saturated rings. The van der Waals surface area contributed by atoms with Crippen LogP contribution in [0, 0.1) is 33.8 Å². The maximum absolute atomic E-state index is 12.7. The number of carbonyl (C=O) groups excluding carboxylic acids is 4. The molecule has 5 atom stereocenters. The number of non-ortho nitro benzene ring substituents is 1. The SMILES string of the molecule is C[C@H](C(=O)OCC(=O)Nc1cccc([N+](=O)[O-])c1)N1C(=O)[C@H]2[C@H](C1=O)[C@H]1C=C[C@H]2C1. The van der Waals surface area contributed by atoms with Gasteiger partial charge in [0.05, 0.1) is 16.8 Å². The first kappa shape index (κ1) is 19.7. The van der Waals surface area contributed by atoms with Gasteiger partial charge in [-0.15, -0.1) is 0 Å². The molecule has 2 bridgehead atoms. The summed E-state index contributed by atoms with van der Waals surface area (Å²) in [6.07, 6.45) is 4.71. The van der Waals surface area contributed by atoms with Gasteiger partial charge in [-0.2, -0.15) is 0 Å². The largest absolute Gasteiger partial charge is 0.454 e. The van der Waals surface area contributed by atoms with Gasteiger partial charge in [-0.25, -0.2) is 4.79 Å². The Morgan fingerprint density at radius 2 is 1.87 bits per heavy atom. The average Bonchev–Trinajstić information content (AvgIpc) is 3.39. The molecule has 0 aromatic heterocycles. The van der Waals surface area contributed by atoms with Crippen LogP contribution in [-0.4, -0.2) is 46.2 Å². The van der Waals surface area contributed by atoms with Crippen molar-refractivity contribution in [1.82, 2.24) is 4.90 Å². The first-order chi connectivity index (χ1) is 14.3. The van der Waals surface area contributed by atoms with Crippen molar-refractivity contribution in [2.75, 3.05) is 11.9 Å². The van der Waals surface area contributed by atoms with Crippen molar-refractivity contribution in [2.24, 2.45) is 23.7 Å². The van der Waals surface area contributed by atoms with Crippen molar-refractivity contribution in [3.8, 4) is 0 Å². The number of ether oxygens (including phenoxy) is 1. The van der Waals surface area contributed by atoms with Crippen LogP contribution in [0.5, 0.6) is 0 Å². The zero-order chi connectivity index (χ0) is 21.6. The lowest BCUT2D eigenvalue weighted by molar-refractivity contribution is -0.384. The number of likely N-dealkylation sites (tertiary alicyclic amines) is 1. The number of carbonyl (C=O) groups is 4. The smallest absolute Gasteiger partial charge is 0.329 e. The van der Waals surface area contributed by atoms with E-state index in [1.165, 1.54) is 31.2 Å². The Bertz CT molecular complexity index is 958. The van der Waals surface area contributed by atoms with E-state index in [9.17, 15) is 29.3 Å². The second-order valence-electron chi connectivity index (χ2n) is 7.69. The number of allylic oxidation sites excluding steroid dienone is 2. The van der Waals surface area contributed by atoms with Gasteiger partial charge in [0.2, 0.25) is 11.8 Å². The highest BCUT2D eigenvalue weighted by Crippen LogP contribution is 2.52. The molecule has 2 aliphatic carbocycles. The van der Waals surface area contributed by atoms with Gasteiger partial charge in [0.15, 0.2) is 6.61 Å². The number of fused-ring (bicyclic) bond motifs is 5. The van der Waals surface area contributed by atoms with Crippen LogP contribution < -0.4 is 5.32 Å². The van der Waals surface area contributed by atoms with E-state index in [0.29, 0.717) is 0 Å². The molecule has 30 heavy (non-hydrogen) atoms. The molecule has 4 rings (SSSR count). The molecule has 10 nitrogen and oxygen atoms in total. The highest BCUT2D eigenvalue weighted by molar-refractivity contribution is 6.09. The summed E-state index contributed by atoms with van der Waals surface area (Å²) in [6, 6.07) is 4.17. The predicted octanol–water partition coefficient (Wildman–Crippen LogP) is 1.27. The number of nitrogens with one attached hydrogen (secondary N) is 1. The van der Waals surface area contributed by atoms with Crippen LogP contribution in [0.1, 0.15) is 13.3 Å². The third kappa shape index (κ3) is 3.23. The maximum Gasteiger partial charge on any atom is 0.329 e. The third-order valence-corrected chi connectivity index (χ3v) is 5.92. The second-order valence-corrected chi connectivity index (χ2v) is 7.69. The van der Waals surface area contributed by atoms with E-state index >= 15 is 0 Å². The number of imide groups is 1. The predicted molar refractivity (Wildman–Crippen MR) is 102 cm³/mol. The van der Waals surface area contributed by atoms with Gasteiger partial charge >= 0.3 is 5.97 Å². The number of benzene rings is 1. The Morgan fingerprint density at radius 3 is 2.47 bits per heavy atom. The molecule has 3 amide bonds. The summed E-state index contributed by atoms with van der Waals surface area (Å²) in [7, 11) is 0. The number of nitro groups is 1. The quantitative estimate of drug-likeness (QED) is 0.244. The number of amides is 3. The Morgan fingerprint density at radius 1 is 1.23 bits per heavy atom. The molecule has 1 N–H and O–H groups in total. The number of anilines is 1. The molecule has 1 heterocycles. The molecule has 1 aromatic carbocycles. The zero-order valence-corrected chi connectivity index (χ0v) is 16.0. The number of nitrogens with zero attached hydrogens (tertiary/aromatic N) is 2. The fraction of sp³-hybridized carbons (Fsp3) is 0.400. The Labute approximate surface area is 171 Å². The van der Waals surface area contributed by atoms with Crippen molar-refractivity contribution in [1.29, 1.82) is 0 Å². The number of nitro benzene ring substituents is 1. The lowest BCUT2D eigenvalue weighted by atomic mass is 9.85. The van der Waals surface area contributed by atoms with E-state index < -0.39 is 41.3 Å². The van der Waals surface area contributed by atoms with E-state index in [1.54, 1.807) is 0 Å². The lowest BCUT2D eigenvalue weighted by Crippen LogP contribution is -2.45. The summed E-state index contributed by atoms with van der Waals surface area (Å²) >= 11 is 0.